The van der Waals surface area contributed by atoms with E-state index in [0.717, 1.165) is 34.7 Å². The fraction of sp³-hybridized carbons (Fsp3) is 0.235. The molecule has 2 heterocycles. The standard InChI is InChI=1S/C17H14FN3O2S/c1-9-14(10-4-6-12(18)7-5-10)19-17(24-9)20-16(22)13-8-23-21-15(13)11-2-3-11/h4-8,11H,2-3H2,1H3,(H,19,20,22). The maximum absolute atomic E-state index is 13.1. The number of aryl methyl sites for hydroxylation is 1. The van der Waals surface area contributed by atoms with E-state index in [4.69, 9.17) is 4.52 Å². The molecule has 0 radical (unpaired) electrons. The van der Waals surface area contributed by atoms with Crippen molar-refractivity contribution in [2.24, 2.45) is 0 Å². The second-order valence-electron chi connectivity index (χ2n) is 5.77. The largest absolute Gasteiger partial charge is 0.364 e. The van der Waals surface area contributed by atoms with Crippen LogP contribution in [0.1, 0.15) is 39.7 Å². The molecular weight excluding hydrogens is 329 g/mol. The number of hydrogen-bond donors (Lipinski definition) is 1. The van der Waals surface area contributed by atoms with Crippen molar-refractivity contribution < 1.29 is 13.7 Å². The Labute approximate surface area is 141 Å². The van der Waals surface area contributed by atoms with Gasteiger partial charge in [0.15, 0.2) is 5.13 Å². The van der Waals surface area contributed by atoms with E-state index >= 15 is 0 Å². The first-order chi connectivity index (χ1) is 11.6. The van der Waals surface area contributed by atoms with Gasteiger partial charge in [-0.2, -0.15) is 0 Å². The van der Waals surface area contributed by atoms with Crippen LogP contribution in [-0.4, -0.2) is 16.0 Å². The molecule has 0 spiro atoms. The third-order valence-electron chi connectivity index (χ3n) is 3.94. The van der Waals surface area contributed by atoms with Crippen LogP contribution in [-0.2, 0) is 0 Å². The maximum Gasteiger partial charge on any atom is 0.262 e. The van der Waals surface area contributed by atoms with Crippen LogP contribution in [0, 0.1) is 12.7 Å². The molecule has 24 heavy (non-hydrogen) atoms. The van der Waals surface area contributed by atoms with Gasteiger partial charge < -0.3 is 4.52 Å². The van der Waals surface area contributed by atoms with Crippen molar-refractivity contribution in [3.05, 3.63) is 52.5 Å². The number of carbonyl (C=O) groups is 1. The zero-order chi connectivity index (χ0) is 16.7. The molecule has 1 aliphatic rings. The lowest BCUT2D eigenvalue weighted by Gasteiger charge is -2.00. The summed E-state index contributed by atoms with van der Waals surface area (Å²) in [6, 6.07) is 6.14. The fourth-order valence-corrected chi connectivity index (χ4v) is 3.39. The summed E-state index contributed by atoms with van der Waals surface area (Å²) in [7, 11) is 0. The monoisotopic (exact) mass is 343 g/mol. The average Bonchev–Trinajstić information content (AvgIpc) is 3.17. The maximum atomic E-state index is 13.1. The lowest BCUT2D eigenvalue weighted by atomic mass is 10.1. The minimum Gasteiger partial charge on any atom is -0.364 e. The van der Waals surface area contributed by atoms with E-state index in [1.165, 1.54) is 29.7 Å². The fourth-order valence-electron chi connectivity index (χ4n) is 2.56. The molecule has 122 valence electrons. The Morgan fingerprint density at radius 1 is 1.33 bits per heavy atom. The Bertz CT molecular complexity index is 897. The van der Waals surface area contributed by atoms with Gasteiger partial charge in [0.2, 0.25) is 0 Å². The van der Waals surface area contributed by atoms with Crippen LogP contribution in [0.2, 0.25) is 0 Å². The summed E-state index contributed by atoms with van der Waals surface area (Å²) in [4.78, 5) is 17.8. The highest BCUT2D eigenvalue weighted by Crippen LogP contribution is 2.41. The SMILES string of the molecule is Cc1sc(NC(=O)c2conc2C2CC2)nc1-c1ccc(F)cc1. The van der Waals surface area contributed by atoms with Crippen molar-refractivity contribution in [3.8, 4) is 11.3 Å². The molecule has 4 rings (SSSR count). The number of aromatic nitrogens is 2. The van der Waals surface area contributed by atoms with E-state index in [1.807, 2.05) is 6.92 Å². The Kier molecular flexibility index (Phi) is 3.65. The molecule has 0 aliphatic heterocycles. The summed E-state index contributed by atoms with van der Waals surface area (Å²) in [5.41, 5.74) is 2.74. The summed E-state index contributed by atoms with van der Waals surface area (Å²) in [6.45, 7) is 1.92. The number of thiazole rings is 1. The zero-order valence-corrected chi connectivity index (χ0v) is 13.7. The number of amides is 1. The number of carbonyl (C=O) groups excluding carboxylic acids is 1. The van der Waals surface area contributed by atoms with E-state index in [9.17, 15) is 9.18 Å². The molecule has 1 N–H and O–H groups in total. The van der Waals surface area contributed by atoms with Crippen molar-refractivity contribution in [2.75, 3.05) is 5.32 Å². The van der Waals surface area contributed by atoms with Crippen molar-refractivity contribution in [1.82, 2.24) is 10.1 Å². The summed E-state index contributed by atoms with van der Waals surface area (Å²) in [5, 5.41) is 7.24. The number of nitrogens with one attached hydrogen (secondary N) is 1. The van der Waals surface area contributed by atoms with Gasteiger partial charge >= 0.3 is 0 Å². The summed E-state index contributed by atoms with van der Waals surface area (Å²) < 4.78 is 18.0. The predicted molar refractivity (Wildman–Crippen MR) is 88.7 cm³/mol. The molecule has 7 heteroatoms. The molecule has 0 atom stereocenters. The van der Waals surface area contributed by atoms with Gasteiger partial charge in [0.1, 0.15) is 17.6 Å². The van der Waals surface area contributed by atoms with Crippen LogP contribution >= 0.6 is 11.3 Å². The highest BCUT2D eigenvalue weighted by molar-refractivity contribution is 7.16. The molecule has 1 fully saturated rings. The van der Waals surface area contributed by atoms with Crippen LogP contribution in [0.15, 0.2) is 35.1 Å². The molecular formula is C17H14FN3O2S. The van der Waals surface area contributed by atoms with Crippen molar-refractivity contribution >= 4 is 22.4 Å². The number of rotatable bonds is 4. The first kappa shape index (κ1) is 15.0. The first-order valence-corrected chi connectivity index (χ1v) is 8.42. The Hall–Kier alpha value is -2.54. The summed E-state index contributed by atoms with van der Waals surface area (Å²) >= 11 is 1.38. The molecule has 0 bridgehead atoms. The second-order valence-corrected chi connectivity index (χ2v) is 6.98. The van der Waals surface area contributed by atoms with E-state index in [-0.39, 0.29) is 11.7 Å². The lowest BCUT2D eigenvalue weighted by molar-refractivity contribution is 0.102. The third kappa shape index (κ3) is 2.82. The van der Waals surface area contributed by atoms with Gasteiger partial charge in [-0.3, -0.25) is 10.1 Å². The highest BCUT2D eigenvalue weighted by atomic mass is 32.1. The van der Waals surface area contributed by atoms with Gasteiger partial charge in [-0.05, 0) is 44.0 Å². The summed E-state index contributed by atoms with van der Waals surface area (Å²) in [5.74, 6) is -0.227. The molecule has 2 aromatic heterocycles. The molecule has 5 nitrogen and oxygen atoms in total. The number of benzene rings is 1. The lowest BCUT2D eigenvalue weighted by Crippen LogP contribution is -2.12. The van der Waals surface area contributed by atoms with E-state index in [2.05, 4.69) is 15.5 Å². The van der Waals surface area contributed by atoms with E-state index < -0.39 is 0 Å². The predicted octanol–water partition coefficient (Wildman–Crippen LogP) is 4.38. The van der Waals surface area contributed by atoms with Gasteiger partial charge in [0.05, 0.1) is 11.4 Å². The smallest absolute Gasteiger partial charge is 0.262 e. The molecule has 1 aliphatic carbocycles. The van der Waals surface area contributed by atoms with Crippen LogP contribution in [0.4, 0.5) is 9.52 Å². The third-order valence-corrected chi connectivity index (χ3v) is 4.83. The number of halogens is 1. The van der Waals surface area contributed by atoms with Crippen molar-refractivity contribution in [3.63, 3.8) is 0 Å². The Balaban J connectivity index is 1.57. The first-order valence-electron chi connectivity index (χ1n) is 7.61. The van der Waals surface area contributed by atoms with Crippen LogP contribution in [0.3, 0.4) is 0 Å². The molecule has 3 aromatic rings. The molecule has 1 aromatic carbocycles. The van der Waals surface area contributed by atoms with Gasteiger partial charge in [-0.1, -0.05) is 5.16 Å². The van der Waals surface area contributed by atoms with Gasteiger partial charge in [-0.15, -0.1) is 11.3 Å². The van der Waals surface area contributed by atoms with E-state index in [1.54, 1.807) is 12.1 Å². The zero-order valence-electron chi connectivity index (χ0n) is 12.9. The number of anilines is 1. The molecule has 1 saturated carbocycles. The minimum atomic E-state index is -0.291. The van der Waals surface area contributed by atoms with Gasteiger partial charge in [0.25, 0.3) is 5.91 Å². The molecule has 0 unspecified atom stereocenters. The van der Waals surface area contributed by atoms with Crippen LogP contribution in [0.5, 0.6) is 0 Å². The van der Waals surface area contributed by atoms with Crippen LogP contribution in [0.25, 0.3) is 11.3 Å². The Morgan fingerprint density at radius 2 is 2.08 bits per heavy atom. The van der Waals surface area contributed by atoms with Crippen LogP contribution < -0.4 is 5.32 Å². The normalized spacial score (nSPS) is 13.9. The highest BCUT2D eigenvalue weighted by Gasteiger charge is 2.31. The second kappa shape index (κ2) is 5.83. The number of nitrogens with zero attached hydrogens (tertiary/aromatic N) is 2. The minimum absolute atomic E-state index is 0.266. The average molecular weight is 343 g/mol. The summed E-state index contributed by atoms with van der Waals surface area (Å²) in [6.07, 6.45) is 3.46. The quantitative estimate of drug-likeness (QED) is 0.763. The topological polar surface area (TPSA) is 68.0 Å². The molecule has 0 saturated heterocycles. The number of hydrogen-bond acceptors (Lipinski definition) is 5. The van der Waals surface area contributed by atoms with Crippen molar-refractivity contribution in [2.45, 2.75) is 25.7 Å². The van der Waals surface area contributed by atoms with E-state index in [0.29, 0.717) is 16.6 Å². The van der Waals surface area contributed by atoms with Gasteiger partial charge in [0, 0.05) is 16.4 Å². The van der Waals surface area contributed by atoms with Gasteiger partial charge in [-0.25, -0.2) is 9.37 Å². The molecule has 1 amide bonds. The van der Waals surface area contributed by atoms with Crippen molar-refractivity contribution in [1.29, 1.82) is 0 Å². The Morgan fingerprint density at radius 3 is 2.79 bits per heavy atom.